The zero-order valence-corrected chi connectivity index (χ0v) is 12.0. The van der Waals surface area contributed by atoms with E-state index in [1.165, 1.54) is 12.1 Å². The molecule has 0 fully saturated rings. The Morgan fingerprint density at radius 2 is 2.00 bits per heavy atom. The van der Waals surface area contributed by atoms with Gasteiger partial charge in [-0.2, -0.15) is 0 Å². The molecule has 1 N–H and O–H groups in total. The Bertz CT molecular complexity index is 631. The zero-order chi connectivity index (χ0) is 15.2. The fraction of sp³-hybridized carbons (Fsp3) is 0.188. The monoisotopic (exact) mass is 288 g/mol. The molecule has 0 aliphatic heterocycles. The Hall–Kier alpha value is -2.56. The number of hydrogen-bond donors (Lipinski definition) is 1. The van der Waals surface area contributed by atoms with Gasteiger partial charge in [-0.3, -0.25) is 4.79 Å². The van der Waals surface area contributed by atoms with Crippen LogP contribution < -0.4 is 15.0 Å². The van der Waals surface area contributed by atoms with Crippen molar-refractivity contribution in [2.24, 2.45) is 0 Å². The molecule has 0 unspecified atom stereocenters. The van der Waals surface area contributed by atoms with E-state index < -0.39 is 0 Å². The number of ether oxygens (including phenoxy) is 1. The molecule has 2 aromatic rings. The van der Waals surface area contributed by atoms with E-state index in [1.54, 1.807) is 31.2 Å². The van der Waals surface area contributed by atoms with Crippen LogP contribution in [0.3, 0.4) is 0 Å². The third kappa shape index (κ3) is 3.95. The first-order valence-corrected chi connectivity index (χ1v) is 6.49. The molecule has 5 heteroatoms. The minimum Gasteiger partial charge on any atom is -0.495 e. The molecule has 0 heterocycles. The van der Waals surface area contributed by atoms with E-state index in [9.17, 15) is 9.18 Å². The number of hydrogen-bond acceptors (Lipinski definition) is 3. The Morgan fingerprint density at radius 1 is 1.24 bits per heavy atom. The van der Waals surface area contributed by atoms with Gasteiger partial charge in [0.15, 0.2) is 0 Å². The quantitative estimate of drug-likeness (QED) is 0.919. The number of anilines is 2. The Balaban J connectivity index is 2.02. The van der Waals surface area contributed by atoms with E-state index in [-0.39, 0.29) is 18.3 Å². The van der Waals surface area contributed by atoms with Gasteiger partial charge >= 0.3 is 0 Å². The van der Waals surface area contributed by atoms with E-state index >= 15 is 0 Å². The highest BCUT2D eigenvalue weighted by molar-refractivity contribution is 5.94. The summed E-state index contributed by atoms with van der Waals surface area (Å²) in [7, 11) is 3.38. The fourth-order valence-corrected chi connectivity index (χ4v) is 2.01. The van der Waals surface area contributed by atoms with Gasteiger partial charge < -0.3 is 15.0 Å². The number of methoxy groups -OCH3 is 1. The molecule has 0 bridgehead atoms. The summed E-state index contributed by atoms with van der Waals surface area (Å²) in [5.74, 6) is 0.0819. The number of carbonyl (C=O) groups excluding carboxylic acids is 1. The predicted molar refractivity (Wildman–Crippen MR) is 81.3 cm³/mol. The lowest BCUT2D eigenvalue weighted by atomic mass is 10.2. The molecular weight excluding hydrogens is 271 g/mol. The topological polar surface area (TPSA) is 41.6 Å². The van der Waals surface area contributed by atoms with Gasteiger partial charge in [-0.1, -0.05) is 18.2 Å². The molecule has 0 atom stereocenters. The molecule has 0 saturated heterocycles. The van der Waals surface area contributed by atoms with Crippen molar-refractivity contribution in [2.75, 3.05) is 30.9 Å². The molecule has 2 aromatic carbocycles. The maximum Gasteiger partial charge on any atom is 0.243 e. The van der Waals surface area contributed by atoms with Crippen molar-refractivity contribution >= 4 is 17.3 Å². The number of nitrogens with zero attached hydrogens (tertiary/aromatic N) is 1. The summed E-state index contributed by atoms with van der Waals surface area (Å²) < 4.78 is 18.3. The van der Waals surface area contributed by atoms with Crippen LogP contribution in [0.1, 0.15) is 0 Å². The first kappa shape index (κ1) is 14.8. The van der Waals surface area contributed by atoms with Crippen molar-refractivity contribution < 1.29 is 13.9 Å². The first-order chi connectivity index (χ1) is 10.1. The largest absolute Gasteiger partial charge is 0.495 e. The molecular formula is C16H17FN2O2. The number of nitrogens with one attached hydrogen (secondary N) is 1. The summed E-state index contributed by atoms with van der Waals surface area (Å²) >= 11 is 0. The molecule has 0 radical (unpaired) electrons. The van der Waals surface area contributed by atoms with Gasteiger partial charge in [0.25, 0.3) is 0 Å². The van der Waals surface area contributed by atoms with Crippen molar-refractivity contribution in [1.82, 2.24) is 0 Å². The Labute approximate surface area is 123 Å². The van der Waals surface area contributed by atoms with Crippen LogP contribution in [0.5, 0.6) is 5.75 Å². The van der Waals surface area contributed by atoms with Crippen LogP contribution in [-0.4, -0.2) is 26.6 Å². The maximum atomic E-state index is 13.1. The highest BCUT2D eigenvalue weighted by Crippen LogP contribution is 2.26. The summed E-state index contributed by atoms with van der Waals surface area (Å²) in [6, 6.07) is 13.2. The molecule has 0 aliphatic rings. The van der Waals surface area contributed by atoms with Crippen LogP contribution in [0.2, 0.25) is 0 Å². The highest BCUT2D eigenvalue weighted by Gasteiger charge is 2.11. The molecule has 0 spiro atoms. The summed E-state index contributed by atoms with van der Waals surface area (Å²) in [5, 5.41) is 2.66. The molecule has 2 rings (SSSR count). The normalized spacial score (nSPS) is 10.0. The second kappa shape index (κ2) is 6.74. The van der Waals surface area contributed by atoms with Crippen molar-refractivity contribution in [3.05, 3.63) is 54.3 Å². The lowest BCUT2D eigenvalue weighted by Crippen LogP contribution is -2.30. The van der Waals surface area contributed by atoms with Gasteiger partial charge in [-0.15, -0.1) is 0 Å². The van der Waals surface area contributed by atoms with E-state index in [4.69, 9.17) is 4.74 Å². The van der Waals surface area contributed by atoms with E-state index in [2.05, 4.69) is 5.32 Å². The summed E-state index contributed by atoms with van der Waals surface area (Å²) in [6.07, 6.45) is 0. The van der Waals surface area contributed by atoms with Crippen LogP contribution in [0.15, 0.2) is 48.5 Å². The highest BCUT2D eigenvalue weighted by atomic mass is 19.1. The van der Waals surface area contributed by atoms with Crippen LogP contribution in [0.4, 0.5) is 15.8 Å². The van der Waals surface area contributed by atoms with Crippen LogP contribution >= 0.6 is 0 Å². The number of halogens is 1. The number of likely N-dealkylation sites (N-methyl/N-ethyl adjacent to an activating group) is 1. The Kier molecular flexibility index (Phi) is 4.77. The average molecular weight is 288 g/mol. The Morgan fingerprint density at radius 3 is 2.71 bits per heavy atom. The van der Waals surface area contributed by atoms with E-state index in [0.717, 1.165) is 5.69 Å². The number of carbonyl (C=O) groups is 1. The second-order valence-corrected chi connectivity index (χ2v) is 4.59. The van der Waals surface area contributed by atoms with Gasteiger partial charge in [0.1, 0.15) is 11.6 Å². The van der Waals surface area contributed by atoms with Crippen molar-refractivity contribution in [3.63, 3.8) is 0 Å². The summed E-state index contributed by atoms with van der Waals surface area (Å²) in [6.45, 7) is 0.136. The fourth-order valence-electron chi connectivity index (χ4n) is 2.01. The molecule has 1 amide bonds. The van der Waals surface area contributed by atoms with Crippen molar-refractivity contribution in [1.29, 1.82) is 0 Å². The number of para-hydroxylation sites is 2. The zero-order valence-electron chi connectivity index (χ0n) is 12.0. The lowest BCUT2D eigenvalue weighted by Gasteiger charge is -2.21. The van der Waals surface area contributed by atoms with Gasteiger partial charge in [-0.25, -0.2) is 4.39 Å². The van der Waals surface area contributed by atoms with Crippen LogP contribution in [0, 0.1) is 5.82 Å². The standard InChI is InChI=1S/C16H17FN2O2/c1-19(14-8-3-4-9-15(14)21-2)11-16(20)18-13-7-5-6-12(17)10-13/h3-10H,11H2,1-2H3,(H,18,20). The van der Waals surface area contributed by atoms with Crippen LogP contribution in [0.25, 0.3) is 0 Å². The van der Waals surface area contributed by atoms with Gasteiger partial charge in [0, 0.05) is 12.7 Å². The minimum absolute atomic E-state index is 0.136. The van der Waals surface area contributed by atoms with Gasteiger partial charge in [0.2, 0.25) is 5.91 Å². The van der Waals surface area contributed by atoms with E-state index in [1.807, 2.05) is 24.3 Å². The number of rotatable bonds is 5. The summed E-state index contributed by atoms with van der Waals surface area (Å²) in [5.41, 5.74) is 1.25. The molecule has 0 aromatic heterocycles. The minimum atomic E-state index is -0.383. The smallest absolute Gasteiger partial charge is 0.243 e. The maximum absolute atomic E-state index is 13.1. The molecule has 4 nitrogen and oxygen atoms in total. The average Bonchev–Trinajstić information content (AvgIpc) is 2.47. The molecule has 110 valence electrons. The summed E-state index contributed by atoms with van der Waals surface area (Å²) in [4.78, 5) is 13.8. The number of amides is 1. The number of benzene rings is 2. The lowest BCUT2D eigenvalue weighted by molar-refractivity contribution is -0.114. The molecule has 0 aliphatic carbocycles. The molecule has 21 heavy (non-hydrogen) atoms. The van der Waals surface area contributed by atoms with Gasteiger partial charge in [0.05, 0.1) is 19.3 Å². The third-order valence-electron chi connectivity index (χ3n) is 2.99. The van der Waals surface area contributed by atoms with Crippen LogP contribution in [-0.2, 0) is 4.79 Å². The van der Waals surface area contributed by atoms with Crippen molar-refractivity contribution in [2.45, 2.75) is 0 Å². The third-order valence-corrected chi connectivity index (χ3v) is 2.99. The molecule has 0 saturated carbocycles. The van der Waals surface area contributed by atoms with Crippen molar-refractivity contribution in [3.8, 4) is 5.75 Å². The van der Waals surface area contributed by atoms with E-state index in [0.29, 0.717) is 11.4 Å². The van der Waals surface area contributed by atoms with Gasteiger partial charge in [-0.05, 0) is 30.3 Å². The predicted octanol–water partition coefficient (Wildman–Crippen LogP) is 2.91. The second-order valence-electron chi connectivity index (χ2n) is 4.59. The SMILES string of the molecule is COc1ccccc1N(C)CC(=O)Nc1cccc(F)c1. The first-order valence-electron chi connectivity index (χ1n) is 6.49.